The topological polar surface area (TPSA) is 53.3 Å². The first-order valence-corrected chi connectivity index (χ1v) is 6.43. The summed E-state index contributed by atoms with van der Waals surface area (Å²) < 4.78 is 5.63. The Bertz CT molecular complexity index is 546. The zero-order chi connectivity index (χ0) is 14.2. The average Bonchev–Trinajstić information content (AvgIpc) is 2.36. The first-order chi connectivity index (χ1) is 8.95. The highest BCUT2D eigenvalue weighted by Gasteiger charge is 2.29. The molecule has 1 aliphatic rings. The first-order valence-electron chi connectivity index (χ1n) is 6.43. The molecular weight excluding hydrogens is 240 g/mol. The van der Waals surface area contributed by atoms with Gasteiger partial charge in [0.2, 0.25) is 0 Å². The summed E-state index contributed by atoms with van der Waals surface area (Å²) in [5, 5.41) is 9.24. The molecule has 0 fully saturated rings. The van der Waals surface area contributed by atoms with Gasteiger partial charge in [0.05, 0.1) is 17.7 Å². The van der Waals surface area contributed by atoms with Crippen LogP contribution in [-0.4, -0.2) is 19.1 Å². The Morgan fingerprint density at radius 1 is 1.42 bits per heavy atom. The minimum atomic E-state index is -0.479. The molecule has 19 heavy (non-hydrogen) atoms. The van der Waals surface area contributed by atoms with E-state index in [0.29, 0.717) is 5.75 Å². The van der Waals surface area contributed by atoms with Gasteiger partial charge in [-0.05, 0) is 30.5 Å². The van der Waals surface area contributed by atoms with Gasteiger partial charge < -0.3 is 9.64 Å². The van der Waals surface area contributed by atoms with Gasteiger partial charge in [0.15, 0.2) is 6.10 Å². The molecule has 4 heteroatoms. The molecule has 4 nitrogen and oxygen atoms in total. The number of anilines is 1. The van der Waals surface area contributed by atoms with Gasteiger partial charge in [-0.3, -0.25) is 4.79 Å². The highest BCUT2D eigenvalue weighted by Crippen LogP contribution is 2.36. The number of nitriles is 1. The Kier molecular flexibility index (Phi) is 3.48. The maximum absolute atomic E-state index is 11.8. The minimum Gasteiger partial charge on any atom is -0.479 e. The van der Waals surface area contributed by atoms with Crippen molar-refractivity contribution in [3.63, 3.8) is 0 Å². The van der Waals surface area contributed by atoms with Crippen molar-refractivity contribution in [2.24, 2.45) is 5.92 Å². The van der Waals surface area contributed by atoms with Crippen LogP contribution in [0, 0.1) is 17.2 Å². The number of hydrogen-bond acceptors (Lipinski definition) is 3. The second kappa shape index (κ2) is 4.93. The molecule has 0 spiro atoms. The van der Waals surface area contributed by atoms with E-state index in [-0.39, 0.29) is 17.7 Å². The molecule has 0 aliphatic carbocycles. The van der Waals surface area contributed by atoms with Crippen LogP contribution in [0.25, 0.3) is 0 Å². The van der Waals surface area contributed by atoms with Crippen molar-refractivity contribution in [2.45, 2.75) is 32.8 Å². The highest BCUT2D eigenvalue weighted by atomic mass is 16.5. The van der Waals surface area contributed by atoms with E-state index in [1.807, 2.05) is 32.0 Å². The van der Waals surface area contributed by atoms with Crippen LogP contribution in [0.2, 0.25) is 0 Å². The van der Waals surface area contributed by atoms with Crippen molar-refractivity contribution in [3.8, 4) is 11.8 Å². The Morgan fingerprint density at radius 2 is 2.11 bits per heavy atom. The fourth-order valence-electron chi connectivity index (χ4n) is 2.34. The van der Waals surface area contributed by atoms with Gasteiger partial charge in [-0.25, -0.2) is 0 Å². The predicted molar refractivity (Wildman–Crippen MR) is 73.1 cm³/mol. The van der Waals surface area contributed by atoms with E-state index in [1.54, 1.807) is 18.9 Å². The summed E-state index contributed by atoms with van der Waals surface area (Å²) >= 11 is 0. The van der Waals surface area contributed by atoms with E-state index in [0.717, 1.165) is 11.3 Å². The molecule has 1 amide bonds. The summed E-state index contributed by atoms with van der Waals surface area (Å²) in [6.45, 7) is 5.78. The van der Waals surface area contributed by atoms with Gasteiger partial charge >= 0.3 is 0 Å². The average molecular weight is 258 g/mol. The van der Waals surface area contributed by atoms with Crippen molar-refractivity contribution in [1.82, 2.24) is 0 Å². The van der Waals surface area contributed by atoms with Crippen molar-refractivity contribution >= 4 is 11.6 Å². The van der Waals surface area contributed by atoms with Gasteiger partial charge in [-0.15, -0.1) is 0 Å². The second-order valence-corrected chi connectivity index (χ2v) is 5.24. The molecule has 0 saturated carbocycles. The van der Waals surface area contributed by atoms with Crippen molar-refractivity contribution in [3.05, 3.63) is 23.8 Å². The van der Waals surface area contributed by atoms with Crippen LogP contribution in [0.15, 0.2) is 18.2 Å². The van der Waals surface area contributed by atoms with E-state index in [4.69, 9.17) is 4.74 Å². The maximum atomic E-state index is 11.8. The van der Waals surface area contributed by atoms with Crippen LogP contribution in [-0.2, 0) is 4.79 Å². The summed E-state index contributed by atoms with van der Waals surface area (Å²) in [5.74, 6) is 0.699. The lowest BCUT2D eigenvalue weighted by Crippen LogP contribution is -2.42. The number of fused-ring (bicyclic) bond motifs is 1. The molecular formula is C15H18N2O2. The third-order valence-electron chi connectivity index (χ3n) is 3.49. The van der Waals surface area contributed by atoms with Gasteiger partial charge in [0.25, 0.3) is 5.91 Å². The lowest BCUT2D eigenvalue weighted by Gasteiger charge is -2.31. The summed E-state index contributed by atoms with van der Waals surface area (Å²) in [4.78, 5) is 13.4. The van der Waals surface area contributed by atoms with Crippen LogP contribution in [0.1, 0.15) is 32.3 Å². The molecule has 1 aromatic carbocycles. The Morgan fingerprint density at radius 3 is 2.68 bits per heavy atom. The number of benzene rings is 1. The van der Waals surface area contributed by atoms with Crippen LogP contribution in [0.3, 0.4) is 0 Å². The quantitative estimate of drug-likeness (QED) is 0.819. The molecule has 0 bridgehead atoms. The number of hydrogen-bond donors (Lipinski definition) is 0. The van der Waals surface area contributed by atoms with Gasteiger partial charge in [0, 0.05) is 7.05 Å². The Balaban J connectivity index is 2.43. The number of likely N-dealkylation sites (N-methyl/N-ethyl adjacent to an activating group) is 1. The van der Waals surface area contributed by atoms with Crippen molar-refractivity contribution in [2.75, 3.05) is 11.9 Å². The standard InChI is InChI=1S/C15H18N2O2/c1-9(2)12(8-16)11-5-6-13-14(7-11)19-10(3)15(18)17(13)4/h5-7,9-10,12H,1-4H3. The fraction of sp³-hybridized carbons (Fsp3) is 0.467. The Labute approximate surface area is 113 Å². The van der Waals surface area contributed by atoms with E-state index in [9.17, 15) is 10.1 Å². The Hall–Kier alpha value is -2.02. The number of amides is 1. The summed E-state index contributed by atoms with van der Waals surface area (Å²) in [5.41, 5.74) is 1.69. The molecule has 1 heterocycles. The van der Waals surface area contributed by atoms with Crippen molar-refractivity contribution in [1.29, 1.82) is 5.26 Å². The van der Waals surface area contributed by atoms with E-state index >= 15 is 0 Å². The highest BCUT2D eigenvalue weighted by molar-refractivity contribution is 5.99. The minimum absolute atomic E-state index is 0.0547. The molecule has 1 aliphatic heterocycles. The lowest BCUT2D eigenvalue weighted by molar-refractivity contribution is -0.125. The molecule has 0 N–H and O–H groups in total. The van der Waals surface area contributed by atoms with Crippen LogP contribution in [0.4, 0.5) is 5.69 Å². The summed E-state index contributed by atoms with van der Waals surface area (Å²) in [6.07, 6.45) is -0.479. The van der Waals surface area contributed by atoms with Crippen LogP contribution >= 0.6 is 0 Å². The third-order valence-corrected chi connectivity index (χ3v) is 3.49. The smallest absolute Gasteiger partial charge is 0.267 e. The van der Waals surface area contributed by atoms with E-state index in [1.165, 1.54) is 0 Å². The van der Waals surface area contributed by atoms with E-state index in [2.05, 4.69) is 6.07 Å². The molecule has 1 aromatic rings. The molecule has 2 atom stereocenters. The van der Waals surface area contributed by atoms with Gasteiger partial charge in [-0.2, -0.15) is 5.26 Å². The first kappa shape index (κ1) is 13.4. The summed E-state index contributed by atoms with van der Waals surface area (Å²) in [7, 11) is 1.74. The number of carbonyl (C=O) groups excluding carboxylic acids is 1. The van der Waals surface area contributed by atoms with Gasteiger partial charge in [-0.1, -0.05) is 19.9 Å². The molecule has 2 rings (SSSR count). The molecule has 100 valence electrons. The fourth-order valence-corrected chi connectivity index (χ4v) is 2.34. The zero-order valence-electron chi connectivity index (χ0n) is 11.7. The molecule has 2 unspecified atom stereocenters. The van der Waals surface area contributed by atoms with Crippen LogP contribution < -0.4 is 9.64 Å². The molecule has 0 saturated heterocycles. The maximum Gasteiger partial charge on any atom is 0.267 e. The van der Waals surface area contributed by atoms with Gasteiger partial charge in [0.1, 0.15) is 5.75 Å². The largest absolute Gasteiger partial charge is 0.479 e. The molecule has 0 aromatic heterocycles. The molecule has 0 radical (unpaired) electrons. The SMILES string of the molecule is CC1Oc2cc(C(C#N)C(C)C)ccc2N(C)C1=O. The van der Waals surface area contributed by atoms with E-state index < -0.39 is 6.10 Å². The lowest BCUT2D eigenvalue weighted by atomic mass is 9.89. The predicted octanol–water partition coefficient (Wildman–Crippen LogP) is 2.69. The number of nitrogens with zero attached hydrogens (tertiary/aromatic N) is 2. The van der Waals surface area contributed by atoms with Crippen LogP contribution in [0.5, 0.6) is 5.75 Å². The monoisotopic (exact) mass is 258 g/mol. The third kappa shape index (κ3) is 2.28. The normalized spacial score (nSPS) is 19.7. The number of ether oxygens (including phenoxy) is 1. The zero-order valence-corrected chi connectivity index (χ0v) is 11.7. The number of carbonyl (C=O) groups is 1. The number of rotatable bonds is 2. The summed E-state index contributed by atoms with van der Waals surface area (Å²) in [6, 6.07) is 7.94. The van der Waals surface area contributed by atoms with Crippen molar-refractivity contribution < 1.29 is 9.53 Å². The second-order valence-electron chi connectivity index (χ2n) is 5.24.